The Kier molecular flexibility index (Phi) is 3.96. The monoisotopic (exact) mass is 393 g/mol. The quantitative estimate of drug-likeness (QED) is 0.473. The summed E-state index contributed by atoms with van der Waals surface area (Å²) in [6.45, 7) is 1.99. The first-order chi connectivity index (χ1) is 10.2. The molecule has 0 N–H and O–H groups in total. The molecule has 0 atom stereocenters. The number of hydrogen-bond acceptors (Lipinski definition) is 3. The first kappa shape index (κ1) is 14.1. The van der Waals surface area contributed by atoms with Crippen LogP contribution >= 0.6 is 0 Å². The van der Waals surface area contributed by atoms with E-state index in [-0.39, 0.29) is 5.63 Å². The van der Waals surface area contributed by atoms with Gasteiger partial charge in [-0.2, -0.15) is 0 Å². The fraction of sp³-hybridized carbons (Fsp3) is 0.118. The van der Waals surface area contributed by atoms with Crippen LogP contribution < -0.4 is 31.6 Å². The summed E-state index contributed by atoms with van der Waals surface area (Å²) in [5, 5.41) is 0.973. The molecule has 0 radical (unpaired) electrons. The van der Waals surface area contributed by atoms with Crippen LogP contribution in [0, 0.1) is 14.1 Å². The third-order valence-corrected chi connectivity index (χ3v) is 6.37. The van der Waals surface area contributed by atoms with E-state index in [9.17, 15) is 4.79 Å². The van der Waals surface area contributed by atoms with Gasteiger partial charge in [0.1, 0.15) is 0 Å². The van der Waals surface area contributed by atoms with Crippen molar-refractivity contribution < 1.29 is 30.4 Å². The van der Waals surface area contributed by atoms with Crippen LogP contribution in [0.5, 0.6) is 5.75 Å². The number of hydrogen-bond donors (Lipinski definition) is 0. The van der Waals surface area contributed by atoms with Gasteiger partial charge in [-0.1, -0.05) is 0 Å². The third kappa shape index (κ3) is 2.81. The maximum atomic E-state index is 12.3. The van der Waals surface area contributed by atoms with Crippen molar-refractivity contribution in [3.05, 3.63) is 71.7 Å². The Morgan fingerprint density at radius 3 is 2.57 bits per heavy atom. The SMILES string of the molecule is COc1ccc2c(C)c([I-]c3ccccc3)c(=O)oc2c1. The summed E-state index contributed by atoms with van der Waals surface area (Å²) >= 11 is -0.539. The topological polar surface area (TPSA) is 39.4 Å². The van der Waals surface area contributed by atoms with E-state index in [1.54, 1.807) is 13.2 Å². The van der Waals surface area contributed by atoms with Crippen LogP contribution in [0.4, 0.5) is 0 Å². The predicted octanol–water partition coefficient (Wildman–Crippen LogP) is 0.238. The van der Waals surface area contributed by atoms with Crippen molar-refractivity contribution in [3.63, 3.8) is 0 Å². The summed E-state index contributed by atoms with van der Waals surface area (Å²) in [6, 6.07) is 15.7. The zero-order valence-electron chi connectivity index (χ0n) is 11.7. The molecule has 0 amide bonds. The Balaban J connectivity index is 2.14. The standard InChI is InChI=1S/C17H14IO3/c1-11-14-9-8-13(20-2)10-15(14)21-17(19)16(11)18-12-6-4-3-5-7-12/h3-10H,1-2H3/q-1. The number of halogens is 1. The molecular formula is C17H14IO3-. The van der Waals surface area contributed by atoms with Gasteiger partial charge in [0.15, 0.2) is 0 Å². The number of benzene rings is 2. The number of aryl methyl sites for hydroxylation is 1. The number of rotatable bonds is 3. The molecule has 3 rings (SSSR count). The van der Waals surface area contributed by atoms with Crippen molar-refractivity contribution in [3.8, 4) is 5.75 Å². The molecule has 0 bridgehead atoms. The van der Waals surface area contributed by atoms with Crippen LogP contribution in [0.3, 0.4) is 0 Å². The van der Waals surface area contributed by atoms with Gasteiger partial charge in [-0.05, 0) is 0 Å². The molecule has 0 fully saturated rings. The Morgan fingerprint density at radius 1 is 1.10 bits per heavy atom. The Morgan fingerprint density at radius 2 is 1.86 bits per heavy atom. The van der Waals surface area contributed by atoms with Crippen molar-refractivity contribution in [1.82, 2.24) is 0 Å². The number of methoxy groups -OCH3 is 1. The second kappa shape index (κ2) is 5.89. The van der Waals surface area contributed by atoms with Crippen molar-refractivity contribution in [1.29, 1.82) is 0 Å². The Labute approximate surface area is 132 Å². The van der Waals surface area contributed by atoms with Gasteiger partial charge in [0.05, 0.1) is 0 Å². The molecular weight excluding hydrogens is 379 g/mol. The average Bonchev–Trinajstić information content (AvgIpc) is 2.52. The Bertz CT molecular complexity index is 838. The molecule has 0 unspecified atom stereocenters. The van der Waals surface area contributed by atoms with E-state index in [1.165, 1.54) is 3.57 Å². The van der Waals surface area contributed by atoms with Crippen LogP contribution in [0.25, 0.3) is 11.0 Å². The van der Waals surface area contributed by atoms with E-state index >= 15 is 0 Å². The molecule has 3 nitrogen and oxygen atoms in total. The van der Waals surface area contributed by atoms with Gasteiger partial charge in [-0.15, -0.1) is 0 Å². The molecule has 108 valence electrons. The van der Waals surface area contributed by atoms with Gasteiger partial charge in [0, 0.05) is 0 Å². The molecule has 1 heterocycles. The molecule has 4 heteroatoms. The molecule has 1 aromatic heterocycles. The Hall–Kier alpha value is -1.82. The third-order valence-electron chi connectivity index (χ3n) is 3.24. The first-order valence-electron chi connectivity index (χ1n) is 6.50. The van der Waals surface area contributed by atoms with Crippen molar-refractivity contribution in [2.45, 2.75) is 6.92 Å². The van der Waals surface area contributed by atoms with E-state index in [4.69, 9.17) is 9.15 Å². The van der Waals surface area contributed by atoms with Gasteiger partial charge >= 0.3 is 133 Å². The van der Waals surface area contributed by atoms with Crippen LogP contribution in [-0.4, -0.2) is 7.11 Å². The van der Waals surface area contributed by atoms with Gasteiger partial charge in [-0.3, -0.25) is 0 Å². The summed E-state index contributed by atoms with van der Waals surface area (Å²) in [4.78, 5) is 12.3. The summed E-state index contributed by atoms with van der Waals surface area (Å²) in [5.41, 5.74) is 1.36. The van der Waals surface area contributed by atoms with Crippen molar-refractivity contribution in [2.75, 3.05) is 7.11 Å². The normalized spacial score (nSPS) is 11.0. The van der Waals surface area contributed by atoms with E-state index in [2.05, 4.69) is 12.1 Å². The van der Waals surface area contributed by atoms with E-state index < -0.39 is 21.2 Å². The van der Waals surface area contributed by atoms with Gasteiger partial charge in [0.2, 0.25) is 0 Å². The summed E-state index contributed by atoms with van der Waals surface area (Å²) in [5.74, 6) is 0.690. The second-order valence-corrected chi connectivity index (χ2v) is 7.44. The van der Waals surface area contributed by atoms with Crippen molar-refractivity contribution in [2.24, 2.45) is 0 Å². The first-order valence-corrected chi connectivity index (χ1v) is 8.66. The fourth-order valence-electron chi connectivity index (χ4n) is 2.14. The molecule has 21 heavy (non-hydrogen) atoms. The second-order valence-electron chi connectivity index (χ2n) is 4.58. The molecule has 0 aliphatic heterocycles. The van der Waals surface area contributed by atoms with Crippen molar-refractivity contribution >= 4 is 11.0 Å². The van der Waals surface area contributed by atoms with E-state index in [0.717, 1.165) is 14.5 Å². The van der Waals surface area contributed by atoms with E-state index in [1.807, 2.05) is 37.3 Å². The predicted molar refractivity (Wildman–Crippen MR) is 77.6 cm³/mol. The molecule has 3 aromatic rings. The van der Waals surface area contributed by atoms with Crippen LogP contribution in [0.15, 0.2) is 57.7 Å². The van der Waals surface area contributed by atoms with Crippen LogP contribution in [0.2, 0.25) is 0 Å². The van der Waals surface area contributed by atoms with Crippen LogP contribution in [0.1, 0.15) is 5.56 Å². The molecule has 0 saturated heterocycles. The van der Waals surface area contributed by atoms with Gasteiger partial charge in [-0.25, -0.2) is 0 Å². The summed E-state index contributed by atoms with van der Waals surface area (Å²) < 4.78 is 12.7. The summed E-state index contributed by atoms with van der Waals surface area (Å²) in [6.07, 6.45) is 0. The maximum absolute atomic E-state index is 12.3. The summed E-state index contributed by atoms with van der Waals surface area (Å²) in [7, 11) is 1.60. The molecule has 0 aliphatic rings. The number of ether oxygens (including phenoxy) is 1. The van der Waals surface area contributed by atoms with Gasteiger partial charge in [0.25, 0.3) is 0 Å². The molecule has 0 spiro atoms. The fourth-order valence-corrected chi connectivity index (χ4v) is 4.56. The van der Waals surface area contributed by atoms with E-state index in [0.29, 0.717) is 11.3 Å². The average molecular weight is 393 g/mol. The zero-order chi connectivity index (χ0) is 14.8. The van der Waals surface area contributed by atoms with Crippen LogP contribution in [-0.2, 0) is 0 Å². The molecule has 0 aliphatic carbocycles. The molecule has 2 aromatic carbocycles. The minimum absolute atomic E-state index is 0.232. The number of fused-ring (bicyclic) bond motifs is 1. The zero-order valence-corrected chi connectivity index (χ0v) is 13.9. The van der Waals surface area contributed by atoms with Gasteiger partial charge < -0.3 is 0 Å². The minimum atomic E-state index is -0.539. The molecule has 0 saturated carbocycles.